The van der Waals surface area contributed by atoms with Gasteiger partial charge < -0.3 is 10.2 Å². The maximum atomic E-state index is 13.0. The lowest BCUT2D eigenvalue weighted by Crippen LogP contribution is -2.11. The predicted molar refractivity (Wildman–Crippen MR) is 93.1 cm³/mol. The molecule has 1 heterocycles. The lowest BCUT2D eigenvalue weighted by Gasteiger charge is -2.03. The number of primary amides is 1. The number of aromatic nitrogens is 1. The zero-order valence-electron chi connectivity index (χ0n) is 13.2. The Morgan fingerprint density at radius 3 is 2.65 bits per heavy atom. The molecule has 9 heteroatoms. The average Bonchev–Trinajstić information content (AvgIpc) is 3.09. The van der Waals surface area contributed by atoms with Gasteiger partial charge in [0.15, 0.2) is 5.76 Å². The maximum Gasteiger partial charge on any atom is 0.274 e. The van der Waals surface area contributed by atoms with Gasteiger partial charge in [0.1, 0.15) is 5.82 Å². The highest BCUT2D eigenvalue weighted by atomic mass is 32.2. The number of nitrogens with two attached hydrogens (primary N) is 1. The smallest absolute Gasteiger partial charge is 0.274 e. The van der Waals surface area contributed by atoms with Crippen LogP contribution in [0.15, 0.2) is 58.3 Å². The van der Waals surface area contributed by atoms with Crippen molar-refractivity contribution >= 4 is 23.4 Å². The van der Waals surface area contributed by atoms with E-state index in [9.17, 15) is 19.3 Å². The van der Waals surface area contributed by atoms with Gasteiger partial charge in [-0.15, -0.1) is 0 Å². The number of nitro benzene ring substituents is 1. The fraction of sp³-hybridized carbons (Fsp3) is 0.0588. The first-order chi connectivity index (χ1) is 12.4. The normalized spacial score (nSPS) is 10.7. The molecule has 1 amide bonds. The van der Waals surface area contributed by atoms with Gasteiger partial charge in [-0.25, -0.2) is 9.37 Å². The summed E-state index contributed by atoms with van der Waals surface area (Å²) in [5.41, 5.74) is 6.10. The summed E-state index contributed by atoms with van der Waals surface area (Å²) in [5, 5.41) is 11.5. The predicted octanol–water partition coefficient (Wildman–Crippen LogP) is 3.78. The first kappa shape index (κ1) is 17.6. The second-order valence-electron chi connectivity index (χ2n) is 5.25. The van der Waals surface area contributed by atoms with Crippen LogP contribution < -0.4 is 5.73 Å². The standard InChI is InChI=1S/C17H12FN3O4S/c18-13-5-3-10(4-6-13)15-8-20-17(25-15)26-9-12-2-1-11(16(19)22)7-14(12)21(23)24/h1-8H,9H2,(H2,19,22). The third-order valence-corrected chi connectivity index (χ3v) is 4.42. The molecule has 0 atom stereocenters. The van der Waals surface area contributed by atoms with E-state index in [4.69, 9.17) is 10.2 Å². The van der Waals surface area contributed by atoms with Crippen LogP contribution in [0.1, 0.15) is 15.9 Å². The topological polar surface area (TPSA) is 112 Å². The number of amides is 1. The van der Waals surface area contributed by atoms with Crippen LogP contribution in [-0.4, -0.2) is 15.8 Å². The number of carbonyl (C=O) groups excluding carboxylic acids is 1. The molecule has 132 valence electrons. The molecule has 1 aromatic heterocycles. The van der Waals surface area contributed by atoms with Gasteiger partial charge >= 0.3 is 0 Å². The van der Waals surface area contributed by atoms with Crippen molar-refractivity contribution in [2.24, 2.45) is 5.73 Å². The molecule has 3 aromatic rings. The molecule has 0 fully saturated rings. The van der Waals surface area contributed by atoms with Crippen LogP contribution in [0.2, 0.25) is 0 Å². The Morgan fingerprint density at radius 1 is 1.27 bits per heavy atom. The highest BCUT2D eigenvalue weighted by Crippen LogP contribution is 2.30. The highest BCUT2D eigenvalue weighted by molar-refractivity contribution is 7.98. The number of halogens is 1. The molecule has 0 aliphatic heterocycles. The second kappa shape index (κ2) is 7.36. The number of nitro groups is 1. The molecule has 0 aliphatic carbocycles. The van der Waals surface area contributed by atoms with Crippen LogP contribution in [-0.2, 0) is 5.75 Å². The Balaban J connectivity index is 1.76. The minimum absolute atomic E-state index is 0.0696. The van der Waals surface area contributed by atoms with Gasteiger partial charge in [0.2, 0.25) is 5.91 Å². The molecule has 2 aromatic carbocycles. The van der Waals surface area contributed by atoms with Crippen molar-refractivity contribution in [1.29, 1.82) is 0 Å². The van der Waals surface area contributed by atoms with E-state index in [0.29, 0.717) is 22.1 Å². The number of nitrogens with zero attached hydrogens (tertiary/aromatic N) is 2. The third kappa shape index (κ3) is 3.89. The summed E-state index contributed by atoms with van der Waals surface area (Å²) >= 11 is 1.17. The van der Waals surface area contributed by atoms with Crippen molar-refractivity contribution in [3.05, 3.63) is 75.7 Å². The van der Waals surface area contributed by atoms with Gasteiger partial charge in [-0.3, -0.25) is 14.9 Å². The van der Waals surface area contributed by atoms with Gasteiger partial charge in [0.05, 0.1) is 11.1 Å². The van der Waals surface area contributed by atoms with E-state index < -0.39 is 10.8 Å². The van der Waals surface area contributed by atoms with Crippen LogP contribution in [0.25, 0.3) is 11.3 Å². The average molecular weight is 373 g/mol. The Bertz CT molecular complexity index is 972. The van der Waals surface area contributed by atoms with E-state index in [1.165, 1.54) is 42.2 Å². The molecule has 0 radical (unpaired) electrons. The first-order valence-electron chi connectivity index (χ1n) is 7.36. The van der Waals surface area contributed by atoms with Crippen molar-refractivity contribution in [3.8, 4) is 11.3 Å². The minimum atomic E-state index is -0.732. The summed E-state index contributed by atoms with van der Waals surface area (Å²) in [5.74, 6) is -0.400. The van der Waals surface area contributed by atoms with E-state index in [1.807, 2.05) is 0 Å². The van der Waals surface area contributed by atoms with Crippen LogP contribution >= 0.6 is 11.8 Å². The van der Waals surface area contributed by atoms with Crippen molar-refractivity contribution in [2.45, 2.75) is 11.0 Å². The molecule has 3 rings (SSSR count). The Kier molecular flexibility index (Phi) is 4.99. The molecule has 0 unspecified atom stereocenters. The van der Waals surface area contributed by atoms with Crippen molar-refractivity contribution in [3.63, 3.8) is 0 Å². The highest BCUT2D eigenvalue weighted by Gasteiger charge is 2.17. The van der Waals surface area contributed by atoms with Crippen LogP contribution in [0.5, 0.6) is 0 Å². The Hall–Kier alpha value is -3.20. The lowest BCUT2D eigenvalue weighted by atomic mass is 10.1. The summed E-state index contributed by atoms with van der Waals surface area (Å²) in [4.78, 5) is 25.9. The number of hydrogen-bond acceptors (Lipinski definition) is 6. The zero-order chi connectivity index (χ0) is 18.7. The Morgan fingerprint density at radius 2 is 2.00 bits per heavy atom. The van der Waals surface area contributed by atoms with E-state index in [0.717, 1.165) is 6.07 Å². The number of rotatable bonds is 6. The summed E-state index contributed by atoms with van der Waals surface area (Å²) in [6, 6.07) is 9.83. The molecular weight excluding hydrogens is 361 g/mol. The second-order valence-corrected chi connectivity index (χ2v) is 6.18. The number of thioether (sulfide) groups is 1. The molecule has 0 bridgehead atoms. The van der Waals surface area contributed by atoms with Crippen LogP contribution in [0, 0.1) is 15.9 Å². The van der Waals surface area contributed by atoms with Crippen molar-refractivity contribution < 1.29 is 18.5 Å². The van der Waals surface area contributed by atoms with Crippen LogP contribution in [0.4, 0.5) is 10.1 Å². The molecule has 0 aliphatic rings. The van der Waals surface area contributed by atoms with Gasteiger partial charge in [-0.1, -0.05) is 17.8 Å². The van der Waals surface area contributed by atoms with E-state index in [1.54, 1.807) is 12.1 Å². The van der Waals surface area contributed by atoms with Gasteiger partial charge in [-0.2, -0.15) is 0 Å². The van der Waals surface area contributed by atoms with Gasteiger partial charge in [-0.05, 0) is 30.3 Å². The summed E-state index contributed by atoms with van der Waals surface area (Å²) in [7, 11) is 0. The molecule has 2 N–H and O–H groups in total. The van der Waals surface area contributed by atoms with E-state index >= 15 is 0 Å². The minimum Gasteiger partial charge on any atom is -0.431 e. The fourth-order valence-electron chi connectivity index (χ4n) is 2.22. The number of oxazole rings is 1. The van der Waals surface area contributed by atoms with Crippen molar-refractivity contribution in [1.82, 2.24) is 4.98 Å². The SMILES string of the molecule is NC(=O)c1ccc(CSc2ncc(-c3ccc(F)cc3)o2)c([N+](=O)[O-])c1. The molecule has 0 saturated carbocycles. The number of hydrogen-bond donors (Lipinski definition) is 1. The largest absolute Gasteiger partial charge is 0.431 e. The Labute approximate surface area is 151 Å². The quantitative estimate of drug-likeness (QED) is 0.400. The molecule has 0 saturated heterocycles. The summed E-state index contributed by atoms with van der Waals surface area (Å²) in [6.45, 7) is 0. The third-order valence-electron chi connectivity index (χ3n) is 3.53. The molecular formula is C17H12FN3O4S. The first-order valence-corrected chi connectivity index (χ1v) is 8.34. The number of benzene rings is 2. The molecule has 0 spiro atoms. The fourth-order valence-corrected chi connectivity index (χ4v) is 3.02. The maximum absolute atomic E-state index is 13.0. The molecule has 7 nitrogen and oxygen atoms in total. The summed E-state index contributed by atoms with van der Waals surface area (Å²) in [6.07, 6.45) is 1.50. The van der Waals surface area contributed by atoms with Crippen LogP contribution in [0.3, 0.4) is 0 Å². The van der Waals surface area contributed by atoms with Gasteiger partial charge in [0.25, 0.3) is 10.9 Å². The number of carbonyl (C=O) groups is 1. The monoisotopic (exact) mass is 373 g/mol. The summed E-state index contributed by atoms with van der Waals surface area (Å²) < 4.78 is 18.5. The zero-order valence-corrected chi connectivity index (χ0v) is 14.0. The van der Waals surface area contributed by atoms with Gasteiger partial charge in [0, 0.05) is 28.5 Å². The molecule has 26 heavy (non-hydrogen) atoms. The van der Waals surface area contributed by atoms with Crippen molar-refractivity contribution in [2.75, 3.05) is 0 Å². The lowest BCUT2D eigenvalue weighted by molar-refractivity contribution is -0.385. The van der Waals surface area contributed by atoms with E-state index in [2.05, 4.69) is 4.98 Å². The van der Waals surface area contributed by atoms with E-state index in [-0.39, 0.29) is 22.8 Å².